The zero-order valence-corrected chi connectivity index (χ0v) is 9.92. The van der Waals surface area contributed by atoms with E-state index in [1.54, 1.807) is 10.8 Å². The van der Waals surface area contributed by atoms with E-state index in [0.29, 0.717) is 0 Å². The number of alkyl halides is 2. The molecule has 1 heterocycles. The zero-order valence-electron chi connectivity index (χ0n) is 9.10. The molecule has 0 radical (unpaired) electrons. The average Bonchev–Trinajstić information content (AvgIpc) is 2.37. The maximum atomic E-state index is 12.8. The molecule has 0 atom stereocenters. The summed E-state index contributed by atoms with van der Waals surface area (Å²) in [6, 6.07) is 2.74. The molecule has 1 aromatic rings. The number of sulfonamides is 1. The highest BCUT2D eigenvalue weighted by atomic mass is 32.2. The van der Waals surface area contributed by atoms with Gasteiger partial charge in [-0.2, -0.15) is 5.26 Å². The summed E-state index contributed by atoms with van der Waals surface area (Å²) in [6.45, 7) is -2.07. The Bertz CT molecular complexity index is 568. The van der Waals surface area contributed by atoms with Crippen molar-refractivity contribution in [2.24, 2.45) is 5.73 Å². The molecule has 0 fully saturated rings. The van der Waals surface area contributed by atoms with Crippen molar-refractivity contribution in [1.29, 1.82) is 5.26 Å². The predicted octanol–water partition coefficient (Wildman–Crippen LogP) is -0.174. The van der Waals surface area contributed by atoms with E-state index in [1.165, 1.54) is 0 Å². The molecule has 0 spiro atoms. The molecule has 1 aromatic heterocycles. The van der Waals surface area contributed by atoms with Crippen LogP contribution in [0, 0.1) is 11.3 Å². The number of aromatic nitrogens is 1. The van der Waals surface area contributed by atoms with Gasteiger partial charge in [0.1, 0.15) is 11.0 Å². The summed E-state index contributed by atoms with van der Waals surface area (Å²) >= 11 is 0. The monoisotopic (exact) mass is 276 g/mol. The topological polar surface area (TPSA) is 109 Å². The van der Waals surface area contributed by atoms with Crippen molar-refractivity contribution < 1.29 is 17.2 Å². The zero-order chi connectivity index (χ0) is 13.8. The van der Waals surface area contributed by atoms with Crippen LogP contribution < -0.4 is 10.5 Å². The second-order valence-corrected chi connectivity index (χ2v) is 5.17. The summed E-state index contributed by atoms with van der Waals surface area (Å²) < 4.78 is 50.6. The smallest absolute Gasteiger partial charge is 0.273 e. The average molecular weight is 276 g/mol. The van der Waals surface area contributed by atoms with Crippen molar-refractivity contribution in [1.82, 2.24) is 9.71 Å². The fourth-order valence-electron chi connectivity index (χ4n) is 0.983. The number of nitriles is 1. The van der Waals surface area contributed by atoms with Crippen molar-refractivity contribution in [3.8, 4) is 6.07 Å². The lowest BCUT2D eigenvalue weighted by atomic mass is 10.3. The Morgan fingerprint density at radius 3 is 2.72 bits per heavy atom. The number of rotatable bonds is 5. The summed E-state index contributed by atoms with van der Waals surface area (Å²) in [5, 5.41) is 8.58. The van der Waals surface area contributed by atoms with Gasteiger partial charge < -0.3 is 5.73 Å². The first-order valence-corrected chi connectivity index (χ1v) is 6.22. The van der Waals surface area contributed by atoms with E-state index in [2.05, 4.69) is 4.98 Å². The molecule has 0 unspecified atom stereocenters. The third kappa shape index (κ3) is 3.69. The van der Waals surface area contributed by atoms with Crippen molar-refractivity contribution in [3.63, 3.8) is 0 Å². The van der Waals surface area contributed by atoms with Crippen molar-refractivity contribution in [3.05, 3.63) is 24.0 Å². The van der Waals surface area contributed by atoms with E-state index in [1.807, 2.05) is 0 Å². The summed E-state index contributed by atoms with van der Waals surface area (Å²) in [5.74, 6) is -3.33. The van der Waals surface area contributed by atoms with E-state index < -0.39 is 29.0 Å². The highest BCUT2D eigenvalue weighted by Crippen LogP contribution is 2.13. The number of halogens is 2. The fraction of sp³-hybridized carbons (Fsp3) is 0.333. The largest absolute Gasteiger partial charge is 0.325 e. The van der Waals surface area contributed by atoms with Crippen molar-refractivity contribution >= 4 is 10.0 Å². The first-order valence-electron chi connectivity index (χ1n) is 4.73. The van der Waals surface area contributed by atoms with Gasteiger partial charge >= 0.3 is 0 Å². The Kier molecular flexibility index (Phi) is 4.28. The molecule has 6 nitrogen and oxygen atoms in total. The van der Waals surface area contributed by atoms with Crippen LogP contribution >= 0.6 is 0 Å². The van der Waals surface area contributed by atoms with Gasteiger partial charge in [0.05, 0.1) is 18.7 Å². The van der Waals surface area contributed by atoms with Gasteiger partial charge in [-0.3, -0.25) is 4.98 Å². The summed E-state index contributed by atoms with van der Waals surface area (Å²) in [6.07, 6.45) is 2.12. The highest BCUT2D eigenvalue weighted by molar-refractivity contribution is 7.89. The van der Waals surface area contributed by atoms with Crippen LogP contribution in [0.3, 0.4) is 0 Å². The van der Waals surface area contributed by atoms with E-state index >= 15 is 0 Å². The van der Waals surface area contributed by atoms with Crippen LogP contribution in [0.2, 0.25) is 0 Å². The molecule has 0 saturated carbocycles. The number of pyridine rings is 1. The standard InChI is InChI=1S/C9H10F2N4O2S/c10-9(11,5-13)6-15-18(16,17)8-1-7(2-12)3-14-4-8/h1,3-4,15H,5-6,13H2. The Morgan fingerprint density at radius 1 is 1.50 bits per heavy atom. The minimum Gasteiger partial charge on any atom is -0.325 e. The predicted molar refractivity (Wildman–Crippen MR) is 58.1 cm³/mol. The van der Waals surface area contributed by atoms with Gasteiger partial charge in [-0.05, 0) is 6.07 Å². The SMILES string of the molecule is N#Cc1cncc(S(=O)(=O)NCC(F)(F)CN)c1. The molecular weight excluding hydrogens is 266 g/mol. The van der Waals surface area contributed by atoms with Crippen LogP contribution in [0.25, 0.3) is 0 Å². The molecule has 0 aliphatic heterocycles. The van der Waals surface area contributed by atoms with Gasteiger partial charge in [0.2, 0.25) is 10.0 Å². The first kappa shape index (κ1) is 14.4. The molecule has 0 aromatic carbocycles. The van der Waals surface area contributed by atoms with Crippen LogP contribution in [-0.2, 0) is 10.0 Å². The summed E-state index contributed by atoms with van der Waals surface area (Å²) in [7, 11) is -4.14. The Morgan fingerprint density at radius 2 is 2.17 bits per heavy atom. The molecule has 1 rings (SSSR count). The molecule has 18 heavy (non-hydrogen) atoms. The van der Waals surface area contributed by atoms with Gasteiger partial charge in [0, 0.05) is 12.4 Å². The molecule has 0 aliphatic carbocycles. The van der Waals surface area contributed by atoms with Gasteiger partial charge in [-0.25, -0.2) is 21.9 Å². The molecule has 9 heteroatoms. The van der Waals surface area contributed by atoms with Crippen molar-refractivity contribution in [2.75, 3.05) is 13.1 Å². The molecular formula is C9H10F2N4O2S. The fourth-order valence-corrected chi connectivity index (χ4v) is 2.03. The number of nitrogens with zero attached hydrogens (tertiary/aromatic N) is 2. The third-order valence-corrected chi connectivity index (χ3v) is 3.34. The molecule has 98 valence electrons. The minimum atomic E-state index is -4.14. The second kappa shape index (κ2) is 5.34. The maximum absolute atomic E-state index is 12.8. The van der Waals surface area contributed by atoms with Gasteiger partial charge in [0.25, 0.3) is 5.92 Å². The van der Waals surface area contributed by atoms with Gasteiger partial charge in [0.15, 0.2) is 0 Å². The first-order chi connectivity index (χ1) is 8.30. The number of nitrogens with one attached hydrogen (secondary N) is 1. The van der Waals surface area contributed by atoms with Crippen LogP contribution in [0.5, 0.6) is 0 Å². The van der Waals surface area contributed by atoms with E-state index in [0.717, 1.165) is 18.5 Å². The van der Waals surface area contributed by atoms with E-state index in [9.17, 15) is 17.2 Å². The Labute approximate surface area is 102 Å². The van der Waals surface area contributed by atoms with Crippen LogP contribution in [0.1, 0.15) is 5.56 Å². The molecule has 0 amide bonds. The molecule has 0 saturated heterocycles. The lowest BCUT2D eigenvalue weighted by Gasteiger charge is -2.14. The van der Waals surface area contributed by atoms with Gasteiger partial charge in [-0.1, -0.05) is 0 Å². The lowest BCUT2D eigenvalue weighted by Crippen LogP contribution is -2.41. The maximum Gasteiger partial charge on any atom is 0.273 e. The second-order valence-electron chi connectivity index (χ2n) is 3.41. The van der Waals surface area contributed by atoms with Crippen LogP contribution in [0.4, 0.5) is 8.78 Å². The molecule has 0 aliphatic rings. The number of hydrogen-bond acceptors (Lipinski definition) is 5. The number of nitrogens with two attached hydrogens (primary N) is 1. The summed E-state index contributed by atoms with van der Waals surface area (Å²) in [4.78, 5) is 3.18. The Balaban J connectivity index is 2.91. The van der Waals surface area contributed by atoms with Crippen LogP contribution in [0.15, 0.2) is 23.4 Å². The third-order valence-electron chi connectivity index (χ3n) is 1.97. The van der Waals surface area contributed by atoms with Crippen molar-refractivity contribution in [2.45, 2.75) is 10.8 Å². The normalized spacial score (nSPS) is 12.1. The Hall–Kier alpha value is -1.63. The molecule has 0 bridgehead atoms. The summed E-state index contributed by atoms with van der Waals surface area (Å²) in [5.41, 5.74) is 4.80. The minimum absolute atomic E-state index is 0.0171. The van der Waals surface area contributed by atoms with E-state index in [4.69, 9.17) is 11.0 Å². The number of hydrogen-bond donors (Lipinski definition) is 2. The van der Waals surface area contributed by atoms with Gasteiger partial charge in [-0.15, -0.1) is 0 Å². The molecule has 3 N–H and O–H groups in total. The van der Waals surface area contributed by atoms with E-state index in [-0.39, 0.29) is 10.5 Å². The highest BCUT2D eigenvalue weighted by Gasteiger charge is 2.29. The van der Waals surface area contributed by atoms with Crippen LogP contribution in [-0.4, -0.2) is 32.4 Å². The lowest BCUT2D eigenvalue weighted by molar-refractivity contribution is 0.0170. The quantitative estimate of drug-likeness (QED) is 0.775.